The maximum absolute atomic E-state index is 12.8. The summed E-state index contributed by atoms with van der Waals surface area (Å²) in [6.45, 7) is 5.24. The Balaban J connectivity index is 1.39. The van der Waals surface area contributed by atoms with Gasteiger partial charge in [0.05, 0.1) is 0 Å². The van der Waals surface area contributed by atoms with Crippen molar-refractivity contribution < 1.29 is 14.4 Å². The SMILES string of the molecule is CC(C)NC(=O)C1CCCC(NC(=O)C2CCN(C(=O)CCc3ccccc3)CC2)C1. The highest BCUT2D eigenvalue weighted by atomic mass is 16.2. The summed E-state index contributed by atoms with van der Waals surface area (Å²) in [6, 6.07) is 10.3. The number of amides is 3. The summed E-state index contributed by atoms with van der Waals surface area (Å²) in [7, 11) is 0. The van der Waals surface area contributed by atoms with Gasteiger partial charge in [-0.15, -0.1) is 0 Å². The van der Waals surface area contributed by atoms with E-state index < -0.39 is 0 Å². The number of rotatable bonds is 7. The van der Waals surface area contributed by atoms with Crippen molar-refractivity contribution >= 4 is 17.7 Å². The summed E-state index contributed by atoms with van der Waals surface area (Å²) in [6.07, 6.45) is 6.23. The topological polar surface area (TPSA) is 78.5 Å². The Morgan fingerprint density at radius 2 is 1.68 bits per heavy atom. The minimum atomic E-state index is -0.0389. The Labute approximate surface area is 186 Å². The normalized spacial score (nSPS) is 22.2. The number of hydrogen-bond donors (Lipinski definition) is 2. The molecule has 2 N–H and O–H groups in total. The summed E-state index contributed by atoms with van der Waals surface area (Å²) in [5.41, 5.74) is 1.18. The minimum Gasteiger partial charge on any atom is -0.354 e. The lowest BCUT2D eigenvalue weighted by Crippen LogP contribution is -2.47. The number of nitrogens with zero attached hydrogens (tertiary/aromatic N) is 1. The third kappa shape index (κ3) is 7.08. The fourth-order valence-corrected chi connectivity index (χ4v) is 4.73. The second-order valence-electron chi connectivity index (χ2n) is 9.37. The third-order valence-electron chi connectivity index (χ3n) is 6.51. The monoisotopic (exact) mass is 427 g/mol. The minimum absolute atomic E-state index is 0.00877. The molecule has 31 heavy (non-hydrogen) atoms. The van der Waals surface area contributed by atoms with Crippen LogP contribution >= 0.6 is 0 Å². The van der Waals surface area contributed by atoms with Crippen LogP contribution in [0.5, 0.6) is 0 Å². The Hall–Kier alpha value is -2.37. The Kier molecular flexibility index (Phi) is 8.50. The number of hydrogen-bond acceptors (Lipinski definition) is 3. The van der Waals surface area contributed by atoms with Crippen LogP contribution in [0.2, 0.25) is 0 Å². The molecule has 2 unspecified atom stereocenters. The van der Waals surface area contributed by atoms with Gasteiger partial charge in [-0.2, -0.15) is 0 Å². The van der Waals surface area contributed by atoms with Crippen LogP contribution in [-0.4, -0.2) is 47.8 Å². The van der Waals surface area contributed by atoms with Crippen LogP contribution in [0.15, 0.2) is 30.3 Å². The molecule has 0 aromatic heterocycles. The fraction of sp³-hybridized carbons (Fsp3) is 0.640. The molecular weight excluding hydrogens is 390 g/mol. The number of carbonyl (C=O) groups is 3. The Morgan fingerprint density at radius 1 is 0.968 bits per heavy atom. The van der Waals surface area contributed by atoms with Crippen LogP contribution in [-0.2, 0) is 20.8 Å². The number of piperidine rings is 1. The quantitative estimate of drug-likeness (QED) is 0.702. The molecule has 0 spiro atoms. The van der Waals surface area contributed by atoms with E-state index in [4.69, 9.17) is 0 Å². The van der Waals surface area contributed by atoms with E-state index in [1.54, 1.807) is 0 Å². The maximum Gasteiger partial charge on any atom is 0.223 e. The first kappa shape index (κ1) is 23.3. The predicted octanol–water partition coefficient (Wildman–Crippen LogP) is 3.06. The summed E-state index contributed by atoms with van der Waals surface area (Å²) >= 11 is 0. The van der Waals surface area contributed by atoms with Crippen molar-refractivity contribution in [1.82, 2.24) is 15.5 Å². The zero-order valence-electron chi connectivity index (χ0n) is 18.9. The van der Waals surface area contributed by atoms with Crippen molar-refractivity contribution in [2.24, 2.45) is 11.8 Å². The number of aryl methyl sites for hydroxylation is 1. The van der Waals surface area contributed by atoms with Crippen LogP contribution in [0, 0.1) is 11.8 Å². The third-order valence-corrected chi connectivity index (χ3v) is 6.51. The zero-order valence-corrected chi connectivity index (χ0v) is 18.9. The molecule has 1 aromatic carbocycles. The number of nitrogens with one attached hydrogen (secondary N) is 2. The van der Waals surface area contributed by atoms with Crippen LogP contribution in [0.1, 0.15) is 64.4 Å². The molecule has 1 saturated carbocycles. The van der Waals surface area contributed by atoms with Gasteiger partial charge in [-0.3, -0.25) is 14.4 Å². The highest BCUT2D eigenvalue weighted by Crippen LogP contribution is 2.26. The summed E-state index contributed by atoms with van der Waals surface area (Å²) < 4.78 is 0. The Bertz CT molecular complexity index is 742. The van der Waals surface area contributed by atoms with Gasteiger partial charge in [0.2, 0.25) is 17.7 Å². The lowest BCUT2D eigenvalue weighted by molar-refractivity contribution is -0.136. The van der Waals surface area contributed by atoms with E-state index in [1.165, 1.54) is 5.56 Å². The predicted molar refractivity (Wildman–Crippen MR) is 121 cm³/mol. The van der Waals surface area contributed by atoms with Gasteiger partial charge in [-0.05, 0) is 57.9 Å². The number of carbonyl (C=O) groups excluding carboxylic acids is 3. The van der Waals surface area contributed by atoms with Crippen LogP contribution in [0.3, 0.4) is 0 Å². The van der Waals surface area contributed by atoms with Gasteiger partial charge < -0.3 is 15.5 Å². The number of benzene rings is 1. The van der Waals surface area contributed by atoms with Crippen molar-refractivity contribution in [1.29, 1.82) is 0 Å². The van der Waals surface area contributed by atoms with E-state index in [0.29, 0.717) is 32.4 Å². The van der Waals surface area contributed by atoms with E-state index in [1.807, 2.05) is 49.1 Å². The van der Waals surface area contributed by atoms with E-state index in [2.05, 4.69) is 10.6 Å². The molecule has 2 fully saturated rings. The first-order valence-corrected chi connectivity index (χ1v) is 11.8. The second kappa shape index (κ2) is 11.3. The summed E-state index contributed by atoms with van der Waals surface area (Å²) in [5.74, 6) is 0.324. The van der Waals surface area contributed by atoms with E-state index in [0.717, 1.165) is 32.1 Å². The highest BCUT2D eigenvalue weighted by molar-refractivity contribution is 5.81. The van der Waals surface area contributed by atoms with Crippen LogP contribution < -0.4 is 10.6 Å². The van der Waals surface area contributed by atoms with Gasteiger partial charge in [0.15, 0.2) is 0 Å². The van der Waals surface area contributed by atoms with Crippen LogP contribution in [0.4, 0.5) is 0 Å². The molecular formula is C25H37N3O3. The Morgan fingerprint density at radius 3 is 2.35 bits per heavy atom. The largest absolute Gasteiger partial charge is 0.354 e. The standard InChI is InChI=1S/C25H37N3O3/c1-18(2)26-25(31)21-9-6-10-22(17-21)27-24(30)20-13-15-28(16-14-20)23(29)12-11-19-7-4-3-5-8-19/h3-5,7-8,18,20-22H,6,9-17H2,1-2H3,(H,26,31)(H,27,30). The van der Waals surface area contributed by atoms with E-state index in [9.17, 15) is 14.4 Å². The number of likely N-dealkylation sites (tertiary alicyclic amines) is 1. The molecule has 1 saturated heterocycles. The molecule has 0 bridgehead atoms. The average Bonchev–Trinajstić information content (AvgIpc) is 2.78. The van der Waals surface area contributed by atoms with Gasteiger partial charge in [0, 0.05) is 43.4 Å². The van der Waals surface area contributed by atoms with Crippen LogP contribution in [0.25, 0.3) is 0 Å². The van der Waals surface area contributed by atoms with Gasteiger partial charge in [0.1, 0.15) is 0 Å². The fourth-order valence-electron chi connectivity index (χ4n) is 4.73. The molecule has 170 valence electrons. The highest BCUT2D eigenvalue weighted by Gasteiger charge is 2.32. The lowest BCUT2D eigenvalue weighted by atomic mass is 9.84. The first-order chi connectivity index (χ1) is 14.9. The van der Waals surface area contributed by atoms with Crippen molar-refractivity contribution in [3.05, 3.63) is 35.9 Å². The van der Waals surface area contributed by atoms with Crippen molar-refractivity contribution in [3.63, 3.8) is 0 Å². The molecule has 6 nitrogen and oxygen atoms in total. The molecule has 3 rings (SSSR count). The molecule has 2 atom stereocenters. The summed E-state index contributed by atoms with van der Waals surface area (Å²) in [5, 5.41) is 6.19. The molecule has 1 aromatic rings. The van der Waals surface area contributed by atoms with E-state index >= 15 is 0 Å². The molecule has 1 aliphatic carbocycles. The molecule has 6 heteroatoms. The lowest BCUT2D eigenvalue weighted by Gasteiger charge is -2.34. The van der Waals surface area contributed by atoms with E-state index in [-0.39, 0.29) is 41.6 Å². The van der Waals surface area contributed by atoms with Crippen molar-refractivity contribution in [3.8, 4) is 0 Å². The van der Waals surface area contributed by atoms with Gasteiger partial charge in [0.25, 0.3) is 0 Å². The molecule has 1 aliphatic heterocycles. The summed E-state index contributed by atoms with van der Waals surface area (Å²) in [4.78, 5) is 39.5. The second-order valence-corrected chi connectivity index (χ2v) is 9.37. The molecule has 1 heterocycles. The first-order valence-electron chi connectivity index (χ1n) is 11.8. The average molecular weight is 428 g/mol. The van der Waals surface area contributed by atoms with Crippen molar-refractivity contribution in [2.45, 2.75) is 77.3 Å². The molecule has 3 amide bonds. The smallest absolute Gasteiger partial charge is 0.223 e. The zero-order chi connectivity index (χ0) is 22.2. The maximum atomic E-state index is 12.8. The van der Waals surface area contributed by atoms with Gasteiger partial charge in [-0.25, -0.2) is 0 Å². The van der Waals surface area contributed by atoms with Gasteiger partial charge in [-0.1, -0.05) is 36.8 Å². The molecule has 2 aliphatic rings. The van der Waals surface area contributed by atoms with Gasteiger partial charge >= 0.3 is 0 Å². The van der Waals surface area contributed by atoms with Crippen molar-refractivity contribution in [2.75, 3.05) is 13.1 Å². The molecule has 0 radical (unpaired) electrons.